The minimum absolute atomic E-state index is 0.538. The van der Waals surface area contributed by atoms with Crippen LogP contribution < -0.4 is 11.3 Å². The Hall–Kier alpha value is -1.13. The number of rotatable bonds is 5. The highest BCUT2D eigenvalue weighted by molar-refractivity contribution is 5.41. The standard InChI is InChI=1S/C12H22N4/c1-9(2)10(3)16(4)8-12-7-11(15-13)5-6-14-12/h5-7,9-10H,8,13H2,1-4H3,(H,14,15). The van der Waals surface area contributed by atoms with E-state index in [-0.39, 0.29) is 0 Å². The van der Waals surface area contributed by atoms with Gasteiger partial charge in [0.05, 0.1) is 11.4 Å². The van der Waals surface area contributed by atoms with Crippen LogP contribution in [0.4, 0.5) is 5.69 Å². The summed E-state index contributed by atoms with van der Waals surface area (Å²) in [6, 6.07) is 4.37. The zero-order valence-electron chi connectivity index (χ0n) is 10.6. The van der Waals surface area contributed by atoms with E-state index in [9.17, 15) is 0 Å². The van der Waals surface area contributed by atoms with E-state index < -0.39 is 0 Å². The molecule has 90 valence electrons. The fourth-order valence-electron chi connectivity index (χ4n) is 1.56. The topological polar surface area (TPSA) is 54.2 Å². The van der Waals surface area contributed by atoms with Crippen molar-refractivity contribution in [2.75, 3.05) is 12.5 Å². The van der Waals surface area contributed by atoms with Gasteiger partial charge in [-0.15, -0.1) is 0 Å². The second-order valence-electron chi connectivity index (χ2n) is 4.58. The molecular formula is C12H22N4. The Morgan fingerprint density at radius 2 is 2.12 bits per heavy atom. The zero-order valence-corrected chi connectivity index (χ0v) is 10.6. The Labute approximate surface area is 97.8 Å². The van der Waals surface area contributed by atoms with Crippen molar-refractivity contribution in [2.45, 2.75) is 33.4 Å². The maximum atomic E-state index is 5.37. The van der Waals surface area contributed by atoms with Crippen molar-refractivity contribution in [3.05, 3.63) is 24.0 Å². The van der Waals surface area contributed by atoms with Crippen molar-refractivity contribution < 1.29 is 0 Å². The summed E-state index contributed by atoms with van der Waals surface area (Å²) in [4.78, 5) is 6.63. The number of nitrogen functional groups attached to an aromatic ring is 1. The van der Waals surface area contributed by atoms with Crippen LogP contribution in [-0.4, -0.2) is 23.0 Å². The average molecular weight is 222 g/mol. The van der Waals surface area contributed by atoms with E-state index in [1.165, 1.54) is 0 Å². The van der Waals surface area contributed by atoms with Crippen LogP contribution in [0, 0.1) is 5.92 Å². The van der Waals surface area contributed by atoms with Crippen LogP contribution in [0.1, 0.15) is 26.5 Å². The third-order valence-corrected chi connectivity index (χ3v) is 3.05. The lowest BCUT2D eigenvalue weighted by molar-refractivity contribution is 0.198. The smallest absolute Gasteiger partial charge is 0.0564 e. The summed E-state index contributed by atoms with van der Waals surface area (Å²) < 4.78 is 0. The predicted octanol–water partition coefficient (Wildman–Crippen LogP) is 1.84. The lowest BCUT2D eigenvalue weighted by Gasteiger charge is -2.27. The fraction of sp³-hybridized carbons (Fsp3) is 0.583. The summed E-state index contributed by atoms with van der Waals surface area (Å²) in [6.07, 6.45) is 1.78. The number of hydrogen-bond donors (Lipinski definition) is 2. The Bertz CT molecular complexity index is 325. The van der Waals surface area contributed by atoms with Crippen LogP contribution in [0.5, 0.6) is 0 Å². The third-order valence-electron chi connectivity index (χ3n) is 3.05. The van der Waals surface area contributed by atoms with E-state index in [1.54, 1.807) is 6.20 Å². The number of nitrogens with two attached hydrogens (primary N) is 1. The van der Waals surface area contributed by atoms with Crippen molar-refractivity contribution in [1.29, 1.82) is 0 Å². The molecule has 0 aliphatic heterocycles. The van der Waals surface area contributed by atoms with Gasteiger partial charge in [0.25, 0.3) is 0 Å². The molecule has 0 saturated carbocycles. The van der Waals surface area contributed by atoms with Crippen molar-refractivity contribution in [1.82, 2.24) is 9.88 Å². The second kappa shape index (κ2) is 5.82. The summed E-state index contributed by atoms with van der Waals surface area (Å²) in [6.45, 7) is 7.53. The van der Waals surface area contributed by atoms with E-state index >= 15 is 0 Å². The molecule has 0 aliphatic rings. The van der Waals surface area contributed by atoms with Crippen molar-refractivity contribution in [3.8, 4) is 0 Å². The van der Waals surface area contributed by atoms with Gasteiger partial charge in [-0.25, -0.2) is 0 Å². The molecule has 0 aliphatic carbocycles. The van der Waals surface area contributed by atoms with Crippen molar-refractivity contribution in [2.24, 2.45) is 11.8 Å². The summed E-state index contributed by atoms with van der Waals surface area (Å²) in [5.74, 6) is 6.01. The zero-order chi connectivity index (χ0) is 12.1. The quantitative estimate of drug-likeness (QED) is 0.589. The third kappa shape index (κ3) is 3.47. The predicted molar refractivity (Wildman–Crippen MR) is 67.8 cm³/mol. The van der Waals surface area contributed by atoms with E-state index in [2.05, 4.69) is 43.1 Å². The Morgan fingerprint density at radius 3 is 2.69 bits per heavy atom. The fourth-order valence-corrected chi connectivity index (χ4v) is 1.56. The Balaban J connectivity index is 2.65. The summed E-state index contributed by atoms with van der Waals surface area (Å²) in [7, 11) is 2.12. The molecular weight excluding hydrogens is 200 g/mol. The minimum atomic E-state index is 0.538. The highest BCUT2D eigenvalue weighted by Gasteiger charge is 2.13. The highest BCUT2D eigenvalue weighted by Crippen LogP contribution is 2.13. The molecule has 4 heteroatoms. The van der Waals surface area contributed by atoms with Crippen LogP contribution in [0.25, 0.3) is 0 Å². The molecule has 1 rings (SSSR count). The molecule has 1 aromatic heterocycles. The number of nitrogens with zero attached hydrogens (tertiary/aromatic N) is 2. The lowest BCUT2D eigenvalue weighted by atomic mass is 10.1. The molecule has 0 fully saturated rings. The number of anilines is 1. The lowest BCUT2D eigenvalue weighted by Crippen LogP contribution is -2.32. The van der Waals surface area contributed by atoms with E-state index in [4.69, 9.17) is 5.84 Å². The van der Waals surface area contributed by atoms with Gasteiger partial charge in [0, 0.05) is 18.8 Å². The highest BCUT2D eigenvalue weighted by atomic mass is 15.2. The van der Waals surface area contributed by atoms with Gasteiger partial charge >= 0.3 is 0 Å². The van der Waals surface area contributed by atoms with Crippen LogP contribution in [0.2, 0.25) is 0 Å². The van der Waals surface area contributed by atoms with Crippen LogP contribution in [0.3, 0.4) is 0 Å². The van der Waals surface area contributed by atoms with Crippen molar-refractivity contribution in [3.63, 3.8) is 0 Å². The van der Waals surface area contributed by atoms with Crippen LogP contribution in [0.15, 0.2) is 18.3 Å². The molecule has 4 nitrogen and oxygen atoms in total. The number of aromatic nitrogens is 1. The Kier molecular flexibility index (Phi) is 4.71. The summed E-state index contributed by atoms with van der Waals surface area (Å²) in [5.41, 5.74) is 4.57. The number of hydrazine groups is 1. The van der Waals surface area contributed by atoms with Gasteiger partial charge in [-0.1, -0.05) is 13.8 Å². The maximum Gasteiger partial charge on any atom is 0.0564 e. The Morgan fingerprint density at radius 1 is 1.44 bits per heavy atom. The molecule has 0 spiro atoms. The summed E-state index contributed by atoms with van der Waals surface area (Å²) in [5, 5.41) is 0. The summed E-state index contributed by atoms with van der Waals surface area (Å²) >= 11 is 0. The SMILES string of the molecule is CC(C)C(C)N(C)Cc1cc(NN)ccn1. The minimum Gasteiger partial charge on any atom is -0.324 e. The van der Waals surface area contributed by atoms with E-state index in [0.29, 0.717) is 12.0 Å². The first-order chi connectivity index (χ1) is 7.54. The molecule has 1 aromatic rings. The molecule has 0 saturated heterocycles. The van der Waals surface area contributed by atoms with Gasteiger partial charge in [0.15, 0.2) is 0 Å². The number of pyridine rings is 1. The first-order valence-corrected chi connectivity index (χ1v) is 5.66. The van der Waals surface area contributed by atoms with Crippen LogP contribution in [-0.2, 0) is 6.54 Å². The largest absolute Gasteiger partial charge is 0.324 e. The van der Waals surface area contributed by atoms with Gasteiger partial charge < -0.3 is 5.43 Å². The molecule has 0 bridgehead atoms. The molecule has 0 amide bonds. The maximum absolute atomic E-state index is 5.37. The van der Waals surface area contributed by atoms with E-state index in [0.717, 1.165) is 17.9 Å². The first kappa shape index (κ1) is 12.9. The molecule has 16 heavy (non-hydrogen) atoms. The number of nitrogens with one attached hydrogen (secondary N) is 1. The molecule has 1 atom stereocenters. The van der Waals surface area contributed by atoms with Gasteiger partial charge in [0.2, 0.25) is 0 Å². The molecule has 1 heterocycles. The second-order valence-corrected chi connectivity index (χ2v) is 4.58. The van der Waals surface area contributed by atoms with Crippen molar-refractivity contribution >= 4 is 5.69 Å². The molecule has 0 radical (unpaired) electrons. The first-order valence-electron chi connectivity index (χ1n) is 5.66. The number of hydrogen-bond acceptors (Lipinski definition) is 4. The van der Waals surface area contributed by atoms with Crippen LogP contribution >= 0.6 is 0 Å². The molecule has 1 unspecified atom stereocenters. The normalized spacial score (nSPS) is 13.2. The van der Waals surface area contributed by atoms with Gasteiger partial charge in [-0.05, 0) is 32.0 Å². The van der Waals surface area contributed by atoms with Gasteiger partial charge in [-0.2, -0.15) is 0 Å². The van der Waals surface area contributed by atoms with Gasteiger partial charge in [-0.3, -0.25) is 15.7 Å². The van der Waals surface area contributed by atoms with E-state index in [1.807, 2.05) is 12.1 Å². The molecule has 0 aromatic carbocycles. The molecule has 3 N–H and O–H groups in total. The van der Waals surface area contributed by atoms with Gasteiger partial charge in [0.1, 0.15) is 0 Å². The monoisotopic (exact) mass is 222 g/mol. The average Bonchev–Trinajstić information content (AvgIpc) is 2.28.